The zero-order valence-electron chi connectivity index (χ0n) is 13.8. The Labute approximate surface area is 148 Å². The van der Waals surface area contributed by atoms with E-state index in [1.807, 2.05) is 0 Å². The number of aliphatic hydroxyl groups excluding tert-OH is 1. The molecule has 1 aromatic rings. The van der Waals surface area contributed by atoms with Crippen molar-refractivity contribution in [2.75, 3.05) is 39.6 Å². The minimum atomic E-state index is -0.771. The molecule has 2 unspecified atom stereocenters. The van der Waals surface area contributed by atoms with Crippen LogP contribution >= 0.6 is 0 Å². The monoisotopic (exact) mass is 366 g/mol. The first kappa shape index (κ1) is 18.3. The van der Waals surface area contributed by atoms with Gasteiger partial charge in [-0.15, -0.1) is 0 Å². The molecule has 1 aromatic carbocycles. The van der Waals surface area contributed by atoms with Gasteiger partial charge in [-0.2, -0.15) is 0 Å². The lowest BCUT2D eigenvalue weighted by molar-refractivity contribution is 0.0420. The molecule has 2 aliphatic rings. The van der Waals surface area contributed by atoms with Crippen LogP contribution in [0.25, 0.3) is 0 Å². The molecule has 0 radical (unpaired) electrons. The van der Waals surface area contributed by atoms with Crippen molar-refractivity contribution in [1.82, 2.24) is 0 Å². The van der Waals surface area contributed by atoms with Crippen LogP contribution in [0.5, 0.6) is 0 Å². The number of rotatable bonds is 9. The Kier molecular flexibility index (Phi) is 5.82. The second-order valence-electron chi connectivity index (χ2n) is 5.73. The van der Waals surface area contributed by atoms with E-state index in [4.69, 9.17) is 28.8 Å². The summed E-state index contributed by atoms with van der Waals surface area (Å²) in [5, 5.41) is 8.72. The van der Waals surface area contributed by atoms with Crippen molar-refractivity contribution in [3.8, 4) is 0 Å². The largest absolute Gasteiger partial charge is 0.460 e. The van der Waals surface area contributed by atoms with Gasteiger partial charge in [-0.25, -0.2) is 14.4 Å². The highest BCUT2D eigenvalue weighted by atomic mass is 16.6. The SMILES string of the molecule is O=C(OCCO)c1ccc(C(=O)OCC2CO2)c(C(=O)OCC2CO2)c1. The van der Waals surface area contributed by atoms with Gasteiger partial charge in [0.1, 0.15) is 32.0 Å². The van der Waals surface area contributed by atoms with Crippen molar-refractivity contribution in [2.45, 2.75) is 12.2 Å². The maximum atomic E-state index is 12.3. The molecule has 3 rings (SSSR count). The lowest BCUT2D eigenvalue weighted by atomic mass is 10.0. The first-order valence-corrected chi connectivity index (χ1v) is 8.08. The van der Waals surface area contributed by atoms with Crippen LogP contribution < -0.4 is 0 Å². The van der Waals surface area contributed by atoms with E-state index in [1.165, 1.54) is 18.2 Å². The number of hydrogen-bond donors (Lipinski definition) is 1. The Morgan fingerprint density at radius 1 is 0.923 bits per heavy atom. The Hall–Kier alpha value is -2.49. The van der Waals surface area contributed by atoms with Crippen molar-refractivity contribution in [1.29, 1.82) is 0 Å². The van der Waals surface area contributed by atoms with Gasteiger partial charge in [0.05, 0.1) is 36.5 Å². The smallest absolute Gasteiger partial charge is 0.339 e. The predicted octanol–water partition coefficient (Wildman–Crippen LogP) is -0.0531. The summed E-state index contributed by atoms with van der Waals surface area (Å²) in [6, 6.07) is 3.85. The van der Waals surface area contributed by atoms with Crippen LogP contribution in [0, 0.1) is 0 Å². The predicted molar refractivity (Wildman–Crippen MR) is 83.9 cm³/mol. The lowest BCUT2D eigenvalue weighted by Gasteiger charge is -2.11. The summed E-state index contributed by atoms with van der Waals surface area (Å²) in [5.41, 5.74) is -0.0768. The third-order valence-corrected chi connectivity index (χ3v) is 3.62. The van der Waals surface area contributed by atoms with E-state index >= 15 is 0 Å². The van der Waals surface area contributed by atoms with Gasteiger partial charge in [-0.05, 0) is 18.2 Å². The number of ether oxygens (including phenoxy) is 5. The third-order valence-electron chi connectivity index (χ3n) is 3.62. The van der Waals surface area contributed by atoms with Crippen molar-refractivity contribution < 1.29 is 43.2 Å². The molecule has 0 bridgehead atoms. The fourth-order valence-electron chi connectivity index (χ4n) is 2.06. The molecule has 2 fully saturated rings. The van der Waals surface area contributed by atoms with Gasteiger partial charge in [0.25, 0.3) is 0 Å². The van der Waals surface area contributed by atoms with Gasteiger partial charge >= 0.3 is 17.9 Å². The number of benzene rings is 1. The van der Waals surface area contributed by atoms with Crippen LogP contribution in [-0.4, -0.2) is 74.9 Å². The molecule has 9 heteroatoms. The summed E-state index contributed by atoms with van der Waals surface area (Å²) in [4.78, 5) is 36.5. The standard InChI is InChI=1S/C17H18O9/c18-3-4-22-15(19)10-1-2-13(16(20)25-8-11-6-23-11)14(5-10)17(21)26-9-12-7-24-12/h1-2,5,11-12,18H,3-4,6-9H2. The Balaban J connectivity index is 1.76. The maximum Gasteiger partial charge on any atom is 0.339 e. The van der Waals surface area contributed by atoms with Crippen molar-refractivity contribution in [3.63, 3.8) is 0 Å². The molecule has 0 aliphatic carbocycles. The van der Waals surface area contributed by atoms with Gasteiger partial charge in [-0.1, -0.05) is 0 Å². The highest BCUT2D eigenvalue weighted by molar-refractivity contribution is 6.05. The minimum absolute atomic E-state index is 0.0222. The fraction of sp³-hybridized carbons (Fsp3) is 0.471. The van der Waals surface area contributed by atoms with Gasteiger partial charge in [0.15, 0.2) is 0 Å². The molecule has 2 saturated heterocycles. The first-order chi connectivity index (χ1) is 12.6. The zero-order valence-corrected chi connectivity index (χ0v) is 13.8. The normalized spacial score (nSPS) is 20.2. The summed E-state index contributed by atoms with van der Waals surface area (Å²) < 4.78 is 25.0. The van der Waals surface area contributed by atoms with Crippen molar-refractivity contribution >= 4 is 17.9 Å². The summed E-state index contributed by atoms with van der Waals surface area (Å²) in [7, 11) is 0. The van der Waals surface area contributed by atoms with Crippen LogP contribution in [0.3, 0.4) is 0 Å². The molecule has 2 heterocycles. The van der Waals surface area contributed by atoms with Gasteiger partial charge in [0.2, 0.25) is 0 Å². The lowest BCUT2D eigenvalue weighted by Crippen LogP contribution is -2.19. The molecule has 1 N–H and O–H groups in total. The second-order valence-corrected chi connectivity index (χ2v) is 5.73. The third kappa shape index (κ3) is 5.01. The van der Waals surface area contributed by atoms with E-state index in [-0.39, 0.29) is 55.3 Å². The highest BCUT2D eigenvalue weighted by Crippen LogP contribution is 2.19. The van der Waals surface area contributed by atoms with Crippen molar-refractivity contribution in [2.24, 2.45) is 0 Å². The minimum Gasteiger partial charge on any atom is -0.460 e. The molecule has 0 saturated carbocycles. The van der Waals surface area contributed by atoms with Crippen LogP contribution in [0.1, 0.15) is 31.1 Å². The first-order valence-electron chi connectivity index (χ1n) is 8.08. The van der Waals surface area contributed by atoms with Crippen LogP contribution in [0.15, 0.2) is 18.2 Å². The second kappa shape index (κ2) is 8.26. The Bertz CT molecular complexity index is 691. The van der Waals surface area contributed by atoms with E-state index in [0.717, 1.165) is 0 Å². The van der Waals surface area contributed by atoms with E-state index < -0.39 is 17.9 Å². The summed E-state index contributed by atoms with van der Waals surface area (Å²) in [5.74, 6) is -2.22. The molecular weight excluding hydrogens is 348 g/mol. The maximum absolute atomic E-state index is 12.3. The number of carbonyl (C=O) groups excluding carboxylic acids is 3. The van der Waals surface area contributed by atoms with Gasteiger partial charge in [-0.3, -0.25) is 0 Å². The van der Waals surface area contributed by atoms with E-state index in [0.29, 0.717) is 13.2 Å². The van der Waals surface area contributed by atoms with Gasteiger partial charge in [0, 0.05) is 0 Å². The average molecular weight is 366 g/mol. The average Bonchev–Trinajstić information content (AvgIpc) is 3.56. The quantitative estimate of drug-likeness (QED) is 0.364. The summed E-state index contributed by atoms with van der Waals surface area (Å²) in [6.07, 6.45) is -0.256. The fourth-order valence-corrected chi connectivity index (χ4v) is 2.06. The van der Waals surface area contributed by atoms with E-state index in [2.05, 4.69) is 0 Å². The molecular formula is C17H18O9. The topological polar surface area (TPSA) is 124 Å². The summed E-state index contributed by atoms with van der Waals surface area (Å²) >= 11 is 0. The number of carbonyl (C=O) groups is 3. The molecule has 0 amide bonds. The Morgan fingerprint density at radius 3 is 2.04 bits per heavy atom. The molecule has 0 spiro atoms. The molecule has 26 heavy (non-hydrogen) atoms. The van der Waals surface area contributed by atoms with Gasteiger partial charge < -0.3 is 28.8 Å². The highest BCUT2D eigenvalue weighted by Gasteiger charge is 2.29. The molecule has 2 atom stereocenters. The van der Waals surface area contributed by atoms with E-state index in [1.54, 1.807) is 0 Å². The number of hydrogen-bond acceptors (Lipinski definition) is 9. The number of aliphatic hydroxyl groups is 1. The summed E-state index contributed by atoms with van der Waals surface area (Å²) in [6.45, 7) is 0.681. The van der Waals surface area contributed by atoms with Crippen LogP contribution in [0.4, 0.5) is 0 Å². The zero-order chi connectivity index (χ0) is 18.5. The van der Waals surface area contributed by atoms with Crippen LogP contribution in [-0.2, 0) is 23.7 Å². The number of esters is 3. The molecule has 9 nitrogen and oxygen atoms in total. The van der Waals surface area contributed by atoms with E-state index in [9.17, 15) is 14.4 Å². The van der Waals surface area contributed by atoms with Crippen LogP contribution in [0.2, 0.25) is 0 Å². The molecule has 0 aromatic heterocycles. The number of epoxide rings is 2. The molecule has 140 valence electrons. The van der Waals surface area contributed by atoms with Crippen molar-refractivity contribution in [3.05, 3.63) is 34.9 Å². The molecule has 2 aliphatic heterocycles. The Morgan fingerprint density at radius 2 is 1.50 bits per heavy atom.